The molecule has 3 aromatic rings. The molecule has 0 spiro atoms. The highest BCUT2D eigenvalue weighted by Crippen LogP contribution is 2.18. The number of H-pyrrole nitrogens is 2. The zero-order valence-corrected chi connectivity index (χ0v) is 29.5. The van der Waals surface area contributed by atoms with Crippen LogP contribution in [0.2, 0.25) is 0 Å². The van der Waals surface area contributed by atoms with Crippen LogP contribution in [0, 0.1) is 23.7 Å². The van der Waals surface area contributed by atoms with Gasteiger partial charge in [-0.15, -0.1) is 0 Å². The third-order valence-corrected chi connectivity index (χ3v) is 8.70. The average Bonchev–Trinajstić information content (AvgIpc) is 3.81. The summed E-state index contributed by atoms with van der Waals surface area (Å²) in [6.45, 7) is 11.5. The van der Waals surface area contributed by atoms with Crippen LogP contribution in [0.1, 0.15) is 94.6 Å². The number of aromatic amines is 2. The van der Waals surface area contributed by atoms with Crippen molar-refractivity contribution in [2.24, 2.45) is 23.7 Å². The number of esters is 2. The number of aromatic nitrogens is 4. The number of nitrogens with zero attached hydrogens (tertiary/aromatic N) is 2. The molecule has 1 aromatic carbocycles. The molecular formula is C34H46N8O8. The Balaban J connectivity index is 1.62. The summed E-state index contributed by atoms with van der Waals surface area (Å²) in [6, 6.07) is 5.19. The van der Waals surface area contributed by atoms with Crippen LogP contribution in [0.4, 0.5) is 0 Å². The first kappa shape index (κ1) is 38.9. The lowest BCUT2D eigenvalue weighted by atomic mass is 9.90. The lowest BCUT2D eigenvalue weighted by molar-refractivity contribution is -0.145. The lowest BCUT2D eigenvalue weighted by Gasteiger charge is -2.25. The molecule has 0 aliphatic rings. The maximum Gasteiger partial charge on any atom is 0.328 e. The molecule has 0 saturated carbocycles. The average molecular weight is 695 g/mol. The first-order valence-electron chi connectivity index (χ1n) is 16.2. The number of carbonyl (C=O) groups is 6. The lowest BCUT2D eigenvalue weighted by Crippen LogP contribution is -2.47. The van der Waals surface area contributed by atoms with E-state index in [1.54, 1.807) is 24.3 Å². The van der Waals surface area contributed by atoms with Crippen molar-refractivity contribution < 1.29 is 38.2 Å². The summed E-state index contributed by atoms with van der Waals surface area (Å²) in [7, 11) is 2.47. The van der Waals surface area contributed by atoms with E-state index in [2.05, 4.69) is 41.2 Å². The number of nitrogens with one attached hydrogen (secondary N) is 6. The highest BCUT2D eigenvalue weighted by atomic mass is 16.5. The zero-order valence-electron chi connectivity index (χ0n) is 29.5. The quantitative estimate of drug-likeness (QED) is 0.120. The van der Waals surface area contributed by atoms with Crippen LogP contribution in [0.15, 0.2) is 36.9 Å². The van der Waals surface area contributed by atoms with Gasteiger partial charge in [0, 0.05) is 13.1 Å². The number of methoxy groups -OCH3 is 2. The third kappa shape index (κ3) is 9.76. The number of imidazole rings is 2. The summed E-state index contributed by atoms with van der Waals surface area (Å²) in [5.41, 5.74) is 0.881. The minimum atomic E-state index is -0.933. The van der Waals surface area contributed by atoms with Crippen LogP contribution in [-0.2, 0) is 32.2 Å². The van der Waals surface area contributed by atoms with Crippen LogP contribution in [0.25, 0.3) is 0 Å². The van der Waals surface area contributed by atoms with Crippen molar-refractivity contribution in [2.75, 3.05) is 14.2 Å². The van der Waals surface area contributed by atoms with Crippen molar-refractivity contribution in [3.05, 3.63) is 70.8 Å². The van der Waals surface area contributed by atoms with Gasteiger partial charge < -0.3 is 40.7 Å². The van der Waals surface area contributed by atoms with Gasteiger partial charge in [0.25, 0.3) is 23.6 Å². The number of hydrogen-bond donors (Lipinski definition) is 6. The number of rotatable bonds is 16. The maximum absolute atomic E-state index is 13.1. The SMILES string of the molecule is COC(=O)[C@@H](NC(=O)c1nc[nH]c1C(=O)NCc1cccc(CNC(=O)c2[nH]cnc2C(=O)N[C@H](C(=O)OC)C(C)C(C)C)c1)C(C)C(C)C. The monoisotopic (exact) mass is 694 g/mol. The van der Waals surface area contributed by atoms with Crippen molar-refractivity contribution in [1.29, 1.82) is 0 Å². The zero-order chi connectivity index (χ0) is 37.1. The van der Waals surface area contributed by atoms with Gasteiger partial charge in [0.15, 0.2) is 11.4 Å². The Kier molecular flexibility index (Phi) is 13.8. The molecule has 2 aromatic heterocycles. The second-order valence-electron chi connectivity index (χ2n) is 12.6. The van der Waals surface area contributed by atoms with Gasteiger partial charge in [-0.3, -0.25) is 19.2 Å². The molecule has 4 atom stereocenters. The van der Waals surface area contributed by atoms with Crippen LogP contribution in [-0.4, -0.2) is 81.8 Å². The van der Waals surface area contributed by atoms with Gasteiger partial charge in [0.1, 0.15) is 23.5 Å². The van der Waals surface area contributed by atoms with Crippen LogP contribution in [0.5, 0.6) is 0 Å². The van der Waals surface area contributed by atoms with E-state index in [1.165, 1.54) is 26.9 Å². The smallest absolute Gasteiger partial charge is 0.328 e. The molecule has 4 amide bonds. The Labute approximate surface area is 290 Å². The fraction of sp³-hybridized carbons (Fsp3) is 0.471. The molecule has 0 saturated heterocycles. The first-order valence-corrected chi connectivity index (χ1v) is 16.2. The van der Waals surface area contributed by atoms with E-state index in [9.17, 15) is 28.8 Å². The number of amides is 4. The summed E-state index contributed by atoms with van der Waals surface area (Å²) in [4.78, 5) is 90.3. The van der Waals surface area contributed by atoms with E-state index < -0.39 is 47.7 Å². The van der Waals surface area contributed by atoms with Crippen LogP contribution < -0.4 is 21.3 Å². The Hall–Kier alpha value is -5.54. The van der Waals surface area contributed by atoms with Gasteiger partial charge in [0.2, 0.25) is 0 Å². The standard InChI is InChI=1S/C34H46N8O8/c1-17(2)19(5)23(33(47)49-7)41-31(45)27-25(37-15-39-27)29(43)35-13-21-10-9-11-22(12-21)14-36-30(44)26-28(40-16-38-26)32(46)42-24(34(48)50-8)20(6)18(3)4/h9-12,15-20,23-24H,13-14H2,1-8H3,(H,35,43)(H,36,44)(H,37,39)(H,38,40)(H,41,45)(H,42,46)/t19?,20?,23-,24-/m0/s1. The summed E-state index contributed by atoms with van der Waals surface area (Å²) in [6.07, 6.45) is 2.43. The van der Waals surface area contributed by atoms with E-state index in [0.29, 0.717) is 11.1 Å². The predicted octanol–water partition coefficient (Wildman–Crippen LogP) is 2.12. The molecule has 3 rings (SSSR count). The van der Waals surface area contributed by atoms with E-state index in [1.807, 2.05) is 41.5 Å². The molecule has 0 aliphatic carbocycles. The summed E-state index contributed by atoms with van der Waals surface area (Å²) >= 11 is 0. The molecule has 50 heavy (non-hydrogen) atoms. The number of carbonyl (C=O) groups excluding carboxylic acids is 6. The Bertz CT molecular complexity index is 1560. The third-order valence-electron chi connectivity index (χ3n) is 8.70. The summed E-state index contributed by atoms with van der Waals surface area (Å²) < 4.78 is 9.72. The minimum Gasteiger partial charge on any atom is -0.467 e. The summed E-state index contributed by atoms with van der Waals surface area (Å²) in [5, 5.41) is 10.8. The normalized spacial score (nSPS) is 13.5. The second-order valence-corrected chi connectivity index (χ2v) is 12.6. The number of benzene rings is 1. The highest BCUT2D eigenvalue weighted by Gasteiger charge is 2.33. The molecule has 2 heterocycles. The fourth-order valence-corrected chi connectivity index (χ4v) is 4.92. The van der Waals surface area contributed by atoms with E-state index in [-0.39, 0.29) is 59.5 Å². The maximum atomic E-state index is 13.1. The summed E-state index contributed by atoms with van der Waals surface area (Å²) in [5.74, 6) is -4.18. The Morgan fingerprint density at radius 2 is 1.02 bits per heavy atom. The Morgan fingerprint density at radius 3 is 1.36 bits per heavy atom. The fourth-order valence-electron chi connectivity index (χ4n) is 4.92. The van der Waals surface area contributed by atoms with Gasteiger partial charge in [-0.05, 0) is 34.8 Å². The first-order chi connectivity index (χ1) is 23.7. The molecule has 16 nitrogen and oxygen atoms in total. The van der Waals surface area contributed by atoms with Gasteiger partial charge in [0.05, 0.1) is 26.9 Å². The van der Waals surface area contributed by atoms with Crippen molar-refractivity contribution in [2.45, 2.75) is 66.7 Å². The Morgan fingerprint density at radius 1 is 0.640 bits per heavy atom. The van der Waals surface area contributed by atoms with Gasteiger partial charge >= 0.3 is 11.9 Å². The molecule has 6 N–H and O–H groups in total. The molecule has 0 bridgehead atoms. The molecule has 16 heteroatoms. The largest absolute Gasteiger partial charge is 0.467 e. The van der Waals surface area contributed by atoms with Crippen molar-refractivity contribution in [3.63, 3.8) is 0 Å². The number of ether oxygens (including phenoxy) is 2. The van der Waals surface area contributed by atoms with Crippen molar-refractivity contribution in [3.8, 4) is 0 Å². The topological polar surface area (TPSA) is 226 Å². The molecule has 2 unspecified atom stereocenters. The molecule has 0 radical (unpaired) electrons. The molecule has 270 valence electrons. The van der Waals surface area contributed by atoms with Crippen molar-refractivity contribution >= 4 is 35.6 Å². The second kappa shape index (κ2) is 17.7. The van der Waals surface area contributed by atoms with E-state index in [4.69, 9.17) is 9.47 Å². The van der Waals surface area contributed by atoms with Gasteiger partial charge in [-0.25, -0.2) is 19.6 Å². The van der Waals surface area contributed by atoms with Crippen LogP contribution >= 0.6 is 0 Å². The predicted molar refractivity (Wildman–Crippen MR) is 181 cm³/mol. The van der Waals surface area contributed by atoms with Gasteiger partial charge in [-0.1, -0.05) is 65.8 Å². The van der Waals surface area contributed by atoms with E-state index in [0.717, 1.165) is 0 Å². The molecule has 0 fully saturated rings. The van der Waals surface area contributed by atoms with Crippen LogP contribution in [0.3, 0.4) is 0 Å². The highest BCUT2D eigenvalue weighted by molar-refractivity contribution is 6.06. The number of hydrogen-bond acceptors (Lipinski definition) is 10. The van der Waals surface area contributed by atoms with Crippen molar-refractivity contribution in [1.82, 2.24) is 41.2 Å². The van der Waals surface area contributed by atoms with E-state index >= 15 is 0 Å². The van der Waals surface area contributed by atoms with Gasteiger partial charge in [-0.2, -0.15) is 0 Å². The molecule has 0 aliphatic heterocycles. The molecular weight excluding hydrogens is 648 g/mol. The minimum absolute atomic E-state index is 0.0609.